The van der Waals surface area contributed by atoms with Crippen molar-refractivity contribution in [2.24, 2.45) is 5.92 Å². The summed E-state index contributed by atoms with van der Waals surface area (Å²) in [7, 11) is -2.14. The van der Waals surface area contributed by atoms with Gasteiger partial charge in [0.25, 0.3) is 0 Å². The number of piperidine rings is 1. The summed E-state index contributed by atoms with van der Waals surface area (Å²) in [6, 6.07) is 27.7. The number of aliphatic hydroxyl groups is 1. The number of rotatable bonds is 14. The van der Waals surface area contributed by atoms with Crippen LogP contribution in [0.15, 0.2) is 108 Å². The second-order valence-electron chi connectivity index (χ2n) is 11.4. The van der Waals surface area contributed by atoms with Crippen LogP contribution < -0.4 is 0 Å². The van der Waals surface area contributed by atoms with Crippen molar-refractivity contribution in [1.82, 2.24) is 14.1 Å². The summed E-state index contributed by atoms with van der Waals surface area (Å²) in [5.74, 6) is 0.377. The van der Waals surface area contributed by atoms with E-state index in [-0.39, 0.29) is 18.0 Å². The number of benzene rings is 3. The van der Waals surface area contributed by atoms with Crippen LogP contribution >= 0.6 is 0 Å². The van der Waals surface area contributed by atoms with Gasteiger partial charge >= 0.3 is 6.09 Å². The molecule has 0 saturated carbocycles. The Morgan fingerprint density at radius 3 is 2.12 bits per heavy atom. The van der Waals surface area contributed by atoms with Gasteiger partial charge in [-0.15, -0.1) is 0 Å². The van der Waals surface area contributed by atoms with Crippen LogP contribution in [0.2, 0.25) is 0 Å². The van der Waals surface area contributed by atoms with Crippen molar-refractivity contribution in [1.29, 1.82) is 0 Å². The maximum atomic E-state index is 13.3. The quantitative estimate of drug-likeness (QED) is 0.249. The smallest absolute Gasteiger partial charge is 0.407 e. The Hall–Kier alpha value is -3.50. The zero-order valence-electron chi connectivity index (χ0n) is 24.8. The summed E-state index contributed by atoms with van der Waals surface area (Å²) >= 11 is 0. The van der Waals surface area contributed by atoms with E-state index in [9.17, 15) is 23.4 Å². The molecule has 1 heterocycles. The predicted molar refractivity (Wildman–Crippen MR) is 169 cm³/mol. The predicted octanol–water partition coefficient (Wildman–Crippen LogP) is 5.08. The fourth-order valence-corrected chi connectivity index (χ4v) is 7.02. The van der Waals surface area contributed by atoms with Crippen molar-refractivity contribution < 1.29 is 23.4 Å². The Bertz CT molecular complexity index is 1410. The summed E-state index contributed by atoms with van der Waals surface area (Å²) in [6.07, 6.45) is 5.70. The van der Waals surface area contributed by atoms with Gasteiger partial charge in [0.05, 0.1) is 11.5 Å². The van der Waals surface area contributed by atoms with Crippen LogP contribution in [0.5, 0.6) is 0 Å². The lowest BCUT2D eigenvalue weighted by Gasteiger charge is -2.39. The molecule has 0 bridgehead atoms. The van der Waals surface area contributed by atoms with Crippen LogP contribution in [0.3, 0.4) is 0 Å². The number of nitrogens with zero attached hydrogens (tertiary/aromatic N) is 3. The van der Waals surface area contributed by atoms with Crippen LogP contribution in [-0.2, 0) is 22.0 Å². The maximum absolute atomic E-state index is 13.3. The first kappa shape index (κ1) is 32.4. The molecule has 1 aliphatic heterocycles. The number of likely N-dealkylation sites (tertiary alicyclic amines) is 1. The molecular weight excluding hydrogens is 562 g/mol. The van der Waals surface area contributed by atoms with E-state index in [0.717, 1.165) is 43.6 Å². The summed E-state index contributed by atoms with van der Waals surface area (Å²) < 4.78 is 28.1. The number of carbonyl (C=O) groups is 1. The summed E-state index contributed by atoms with van der Waals surface area (Å²) in [4.78, 5) is 15.8. The number of sulfonamides is 1. The Labute approximate surface area is 255 Å². The molecule has 0 aromatic heterocycles. The highest BCUT2D eigenvalue weighted by molar-refractivity contribution is 7.89. The first-order valence-electron chi connectivity index (χ1n) is 14.8. The molecule has 1 amide bonds. The monoisotopic (exact) mass is 605 g/mol. The standard InChI is InChI=1S/C34H43N3O5S/c1-35(43(41,42)32-17-9-4-10-18-32)27-34(28-38,31-15-7-3-8-16-31)21-25-36-23-19-29(20-24-36)14-11-22-37(33(39)40)26-30-12-5-2-6-13-30/h2-18,29,38H,19-28H2,1H3,(H,39,40)/t34-/m1/s1. The molecule has 3 aromatic carbocycles. The Kier molecular flexibility index (Phi) is 11.5. The molecule has 1 aliphatic rings. The van der Waals surface area contributed by atoms with Gasteiger partial charge < -0.3 is 20.0 Å². The second kappa shape index (κ2) is 15.3. The maximum Gasteiger partial charge on any atom is 0.407 e. The molecule has 9 heteroatoms. The van der Waals surface area contributed by atoms with Crippen molar-refractivity contribution in [2.45, 2.75) is 36.1 Å². The molecule has 1 fully saturated rings. The largest absolute Gasteiger partial charge is 0.465 e. The minimum absolute atomic E-state index is 0.160. The lowest BCUT2D eigenvalue weighted by Crippen LogP contribution is -2.47. The van der Waals surface area contributed by atoms with Gasteiger partial charge in [0, 0.05) is 32.1 Å². The van der Waals surface area contributed by atoms with Crippen molar-refractivity contribution in [2.75, 3.05) is 46.4 Å². The van der Waals surface area contributed by atoms with Crippen molar-refractivity contribution >= 4 is 16.1 Å². The third kappa shape index (κ3) is 8.76. The Balaban J connectivity index is 1.35. The van der Waals surface area contributed by atoms with Gasteiger partial charge in [-0.1, -0.05) is 91.0 Å². The average molecular weight is 606 g/mol. The number of hydrogen-bond donors (Lipinski definition) is 2. The van der Waals surface area contributed by atoms with Gasteiger partial charge in [-0.2, -0.15) is 4.31 Å². The molecule has 8 nitrogen and oxygen atoms in total. The normalized spacial score (nSPS) is 16.3. The fourth-order valence-electron chi connectivity index (χ4n) is 5.75. The first-order chi connectivity index (χ1) is 20.7. The van der Waals surface area contributed by atoms with E-state index in [2.05, 4.69) is 11.0 Å². The van der Waals surface area contributed by atoms with Gasteiger partial charge in [0.2, 0.25) is 10.0 Å². The molecule has 1 atom stereocenters. The van der Waals surface area contributed by atoms with E-state index in [4.69, 9.17) is 0 Å². The fraction of sp³-hybridized carbons (Fsp3) is 0.382. The van der Waals surface area contributed by atoms with Gasteiger partial charge in [0.1, 0.15) is 0 Å². The summed E-state index contributed by atoms with van der Waals surface area (Å²) in [5, 5.41) is 20.4. The molecule has 0 aliphatic carbocycles. The van der Waals surface area contributed by atoms with E-state index < -0.39 is 21.5 Å². The van der Waals surface area contributed by atoms with Gasteiger partial charge in [-0.25, -0.2) is 13.2 Å². The minimum atomic E-state index is -3.72. The highest BCUT2D eigenvalue weighted by Gasteiger charge is 2.37. The SMILES string of the molecule is CN(C[C@@](CO)(CCN1CCC(C=CCN(Cc2ccccc2)C(=O)O)CC1)c1ccccc1)S(=O)(=O)c1ccccc1. The zero-order valence-corrected chi connectivity index (χ0v) is 25.6. The molecule has 2 N–H and O–H groups in total. The molecule has 1 saturated heterocycles. The van der Waals surface area contributed by atoms with E-state index in [0.29, 0.717) is 25.4 Å². The van der Waals surface area contributed by atoms with Gasteiger partial charge in [0.15, 0.2) is 0 Å². The molecule has 4 rings (SSSR count). The molecule has 0 radical (unpaired) electrons. The number of aliphatic hydroxyl groups excluding tert-OH is 1. The highest BCUT2D eigenvalue weighted by Crippen LogP contribution is 2.32. The number of allylic oxidation sites excluding steroid dienone is 1. The summed E-state index contributed by atoms with van der Waals surface area (Å²) in [6.45, 7) is 3.19. The third-order valence-corrected chi connectivity index (χ3v) is 10.2. The van der Waals surface area contributed by atoms with Crippen LogP contribution in [0.4, 0.5) is 4.79 Å². The molecule has 0 unspecified atom stereocenters. The topological polar surface area (TPSA) is 101 Å². The zero-order chi connectivity index (χ0) is 30.7. The summed E-state index contributed by atoms with van der Waals surface area (Å²) in [5.41, 5.74) is 1.13. The second-order valence-corrected chi connectivity index (χ2v) is 13.4. The average Bonchev–Trinajstić information content (AvgIpc) is 3.04. The van der Waals surface area contributed by atoms with Crippen LogP contribution in [0.1, 0.15) is 30.4 Å². The van der Waals surface area contributed by atoms with E-state index in [1.54, 1.807) is 37.4 Å². The lowest BCUT2D eigenvalue weighted by atomic mass is 9.77. The van der Waals surface area contributed by atoms with Crippen LogP contribution in [0.25, 0.3) is 0 Å². The van der Waals surface area contributed by atoms with Crippen LogP contribution in [-0.4, -0.2) is 85.2 Å². The minimum Gasteiger partial charge on any atom is -0.465 e. The molecule has 0 spiro atoms. The van der Waals surface area contributed by atoms with E-state index in [1.807, 2.05) is 66.7 Å². The van der Waals surface area contributed by atoms with E-state index >= 15 is 0 Å². The number of hydrogen-bond acceptors (Lipinski definition) is 5. The third-order valence-electron chi connectivity index (χ3n) is 8.43. The highest BCUT2D eigenvalue weighted by atomic mass is 32.2. The Morgan fingerprint density at radius 2 is 1.53 bits per heavy atom. The number of carboxylic acid groups (broad SMARTS) is 1. The van der Waals surface area contributed by atoms with Crippen molar-refractivity contribution in [3.63, 3.8) is 0 Å². The van der Waals surface area contributed by atoms with Gasteiger partial charge in [-0.05, 0) is 68.1 Å². The number of likely N-dealkylation sites (N-methyl/N-ethyl adjacent to an activating group) is 1. The molecule has 230 valence electrons. The van der Waals surface area contributed by atoms with E-state index in [1.165, 1.54) is 9.21 Å². The van der Waals surface area contributed by atoms with Gasteiger partial charge in [-0.3, -0.25) is 0 Å². The number of amides is 1. The van der Waals surface area contributed by atoms with Crippen LogP contribution in [0, 0.1) is 5.92 Å². The lowest BCUT2D eigenvalue weighted by molar-refractivity contribution is 0.131. The van der Waals surface area contributed by atoms with Crippen molar-refractivity contribution in [3.05, 3.63) is 114 Å². The molecule has 43 heavy (non-hydrogen) atoms. The van der Waals surface area contributed by atoms with Crippen molar-refractivity contribution in [3.8, 4) is 0 Å². The molecular formula is C34H43N3O5S. The Morgan fingerprint density at radius 1 is 0.953 bits per heavy atom. The first-order valence-corrected chi connectivity index (χ1v) is 16.3. The molecule has 3 aromatic rings.